The highest BCUT2D eigenvalue weighted by Crippen LogP contribution is 2.11. The Kier molecular flexibility index (Phi) is 7.70. The molecule has 0 unspecified atom stereocenters. The van der Waals surface area contributed by atoms with Crippen molar-refractivity contribution < 1.29 is 14.3 Å². The molecule has 2 amide bonds. The van der Waals surface area contributed by atoms with Gasteiger partial charge in [-0.05, 0) is 12.8 Å². The molecule has 0 bridgehead atoms. The Hall–Kier alpha value is -1.18. The molecule has 0 radical (unpaired) electrons. The number of amides is 2. The molecular formula is C19H34N4O3. The monoisotopic (exact) mass is 366 g/mol. The Morgan fingerprint density at radius 1 is 0.577 bits per heavy atom. The second-order valence-corrected chi connectivity index (χ2v) is 7.69. The molecule has 0 aliphatic carbocycles. The fourth-order valence-corrected chi connectivity index (χ4v) is 4.00. The summed E-state index contributed by atoms with van der Waals surface area (Å²) in [6.07, 6.45) is 6.10. The number of morpholine rings is 1. The van der Waals surface area contributed by atoms with Crippen LogP contribution < -0.4 is 0 Å². The van der Waals surface area contributed by atoms with Crippen LogP contribution in [-0.2, 0) is 14.3 Å². The predicted molar refractivity (Wildman–Crippen MR) is 99.9 cm³/mol. The van der Waals surface area contributed by atoms with Gasteiger partial charge in [-0.1, -0.05) is 19.3 Å². The highest BCUT2D eigenvalue weighted by molar-refractivity contribution is 5.79. The van der Waals surface area contributed by atoms with Gasteiger partial charge in [-0.3, -0.25) is 19.4 Å². The Morgan fingerprint density at radius 3 is 1.50 bits per heavy atom. The van der Waals surface area contributed by atoms with Gasteiger partial charge in [0.1, 0.15) is 0 Å². The molecule has 3 aliphatic heterocycles. The molecule has 7 nitrogen and oxygen atoms in total. The number of likely N-dealkylation sites (tertiary alicyclic amines) is 1. The second kappa shape index (κ2) is 10.2. The van der Waals surface area contributed by atoms with Crippen LogP contribution in [0.4, 0.5) is 0 Å². The number of carbonyl (C=O) groups excluding carboxylic acids is 2. The van der Waals surface area contributed by atoms with Crippen LogP contribution >= 0.6 is 0 Å². The molecule has 148 valence electrons. The third-order valence-electron chi connectivity index (χ3n) is 5.76. The van der Waals surface area contributed by atoms with E-state index < -0.39 is 0 Å². The molecule has 3 aliphatic rings. The van der Waals surface area contributed by atoms with Crippen LogP contribution in [-0.4, -0.2) is 110 Å². The lowest BCUT2D eigenvalue weighted by molar-refractivity contribution is -0.138. The maximum absolute atomic E-state index is 12.6. The molecule has 0 saturated carbocycles. The summed E-state index contributed by atoms with van der Waals surface area (Å²) < 4.78 is 5.31. The quantitative estimate of drug-likeness (QED) is 0.714. The van der Waals surface area contributed by atoms with Crippen molar-refractivity contribution in [1.29, 1.82) is 0 Å². The summed E-state index contributed by atoms with van der Waals surface area (Å²) in [7, 11) is 0. The number of carbonyl (C=O) groups is 2. The average Bonchev–Trinajstić information content (AvgIpc) is 2.63. The first-order chi connectivity index (χ1) is 12.7. The maximum atomic E-state index is 12.6. The van der Waals surface area contributed by atoms with Crippen molar-refractivity contribution in [3.05, 3.63) is 0 Å². The lowest BCUT2D eigenvalue weighted by Crippen LogP contribution is -2.53. The molecule has 0 atom stereocenters. The summed E-state index contributed by atoms with van der Waals surface area (Å²) in [4.78, 5) is 33.4. The van der Waals surface area contributed by atoms with Crippen molar-refractivity contribution in [2.75, 3.05) is 78.7 Å². The first-order valence-electron chi connectivity index (χ1n) is 10.3. The minimum Gasteiger partial charge on any atom is -0.378 e. The van der Waals surface area contributed by atoms with Gasteiger partial charge in [-0.25, -0.2) is 0 Å². The van der Waals surface area contributed by atoms with E-state index >= 15 is 0 Å². The van der Waals surface area contributed by atoms with Crippen LogP contribution in [0.3, 0.4) is 0 Å². The van der Waals surface area contributed by atoms with Gasteiger partial charge in [-0.15, -0.1) is 0 Å². The van der Waals surface area contributed by atoms with Crippen LogP contribution in [0.5, 0.6) is 0 Å². The molecule has 3 saturated heterocycles. The largest absolute Gasteiger partial charge is 0.378 e. The predicted octanol–water partition coefficient (Wildman–Crippen LogP) is 0.256. The van der Waals surface area contributed by atoms with E-state index in [1.807, 2.05) is 4.90 Å². The summed E-state index contributed by atoms with van der Waals surface area (Å²) in [5.74, 6) is 0.489. The lowest BCUT2D eigenvalue weighted by atomic mass is 10.1. The van der Waals surface area contributed by atoms with Gasteiger partial charge < -0.3 is 14.5 Å². The van der Waals surface area contributed by atoms with Crippen molar-refractivity contribution in [3.8, 4) is 0 Å². The topological polar surface area (TPSA) is 56.3 Å². The third kappa shape index (κ3) is 5.93. The number of hydrogen-bond acceptors (Lipinski definition) is 5. The van der Waals surface area contributed by atoms with E-state index in [2.05, 4.69) is 14.7 Å². The van der Waals surface area contributed by atoms with Crippen LogP contribution in [0.15, 0.2) is 0 Å². The summed E-state index contributed by atoms with van der Waals surface area (Å²) in [6.45, 7) is 9.07. The number of piperazine rings is 1. The van der Waals surface area contributed by atoms with Gasteiger partial charge in [0, 0.05) is 52.4 Å². The second-order valence-electron chi connectivity index (χ2n) is 7.69. The zero-order chi connectivity index (χ0) is 18.2. The molecule has 0 aromatic heterocycles. The van der Waals surface area contributed by atoms with Crippen LogP contribution in [0.1, 0.15) is 32.1 Å². The zero-order valence-corrected chi connectivity index (χ0v) is 16.0. The van der Waals surface area contributed by atoms with Gasteiger partial charge in [0.25, 0.3) is 0 Å². The van der Waals surface area contributed by atoms with E-state index in [4.69, 9.17) is 4.74 Å². The highest BCUT2D eigenvalue weighted by Gasteiger charge is 2.25. The smallest absolute Gasteiger partial charge is 0.236 e. The van der Waals surface area contributed by atoms with E-state index in [0.717, 1.165) is 52.1 Å². The minimum atomic E-state index is 0.207. The van der Waals surface area contributed by atoms with Gasteiger partial charge in [0.15, 0.2) is 0 Å². The van der Waals surface area contributed by atoms with Gasteiger partial charge in [-0.2, -0.15) is 0 Å². The first-order valence-corrected chi connectivity index (χ1v) is 10.3. The molecule has 26 heavy (non-hydrogen) atoms. The van der Waals surface area contributed by atoms with Gasteiger partial charge >= 0.3 is 0 Å². The Balaban J connectivity index is 1.36. The zero-order valence-electron chi connectivity index (χ0n) is 16.0. The molecule has 0 N–H and O–H groups in total. The van der Waals surface area contributed by atoms with E-state index in [9.17, 15) is 9.59 Å². The van der Waals surface area contributed by atoms with Crippen LogP contribution in [0.2, 0.25) is 0 Å². The maximum Gasteiger partial charge on any atom is 0.236 e. The van der Waals surface area contributed by atoms with E-state index in [-0.39, 0.29) is 11.8 Å². The fraction of sp³-hybridized carbons (Fsp3) is 0.895. The summed E-state index contributed by atoms with van der Waals surface area (Å²) in [6, 6.07) is 0. The standard InChI is InChI=1S/C19H34N4O3/c24-18(22-6-4-2-1-3-5-7-22)16-20-8-10-21(11-9-20)17-19(25)23-12-14-26-15-13-23/h1-17H2. The number of rotatable bonds is 4. The van der Waals surface area contributed by atoms with Gasteiger partial charge in [0.2, 0.25) is 11.8 Å². The minimum absolute atomic E-state index is 0.207. The summed E-state index contributed by atoms with van der Waals surface area (Å²) in [5, 5.41) is 0. The lowest BCUT2D eigenvalue weighted by Gasteiger charge is -2.36. The Labute approximate surface area is 157 Å². The van der Waals surface area contributed by atoms with Crippen molar-refractivity contribution in [2.45, 2.75) is 32.1 Å². The number of hydrogen-bond donors (Lipinski definition) is 0. The van der Waals surface area contributed by atoms with Crippen molar-refractivity contribution in [1.82, 2.24) is 19.6 Å². The Bertz CT molecular complexity index is 452. The van der Waals surface area contributed by atoms with Crippen LogP contribution in [0.25, 0.3) is 0 Å². The van der Waals surface area contributed by atoms with E-state index in [1.54, 1.807) is 0 Å². The third-order valence-corrected chi connectivity index (χ3v) is 5.76. The molecule has 0 spiro atoms. The number of nitrogens with zero attached hydrogens (tertiary/aromatic N) is 4. The van der Waals surface area contributed by atoms with Crippen molar-refractivity contribution >= 4 is 11.8 Å². The molecule has 3 rings (SSSR count). The van der Waals surface area contributed by atoms with Crippen LogP contribution in [0, 0.1) is 0 Å². The van der Waals surface area contributed by atoms with E-state index in [1.165, 1.54) is 19.3 Å². The molecule has 0 aromatic carbocycles. The molecule has 3 fully saturated rings. The first kappa shape index (κ1) is 19.6. The SMILES string of the molecule is O=C(CN1CCN(CC(=O)N2CCOCC2)CC1)N1CCCCCCC1. The number of ether oxygens (including phenoxy) is 1. The van der Waals surface area contributed by atoms with Gasteiger partial charge in [0.05, 0.1) is 26.3 Å². The molecule has 3 heterocycles. The normalized spacial score (nSPS) is 24.2. The van der Waals surface area contributed by atoms with E-state index in [0.29, 0.717) is 39.4 Å². The van der Waals surface area contributed by atoms with Crippen molar-refractivity contribution in [2.24, 2.45) is 0 Å². The molecule has 7 heteroatoms. The highest BCUT2D eigenvalue weighted by atomic mass is 16.5. The van der Waals surface area contributed by atoms with Crippen molar-refractivity contribution in [3.63, 3.8) is 0 Å². The Morgan fingerprint density at radius 2 is 1.00 bits per heavy atom. The average molecular weight is 367 g/mol. The summed E-state index contributed by atoms with van der Waals surface area (Å²) in [5.41, 5.74) is 0. The summed E-state index contributed by atoms with van der Waals surface area (Å²) >= 11 is 0. The fourth-order valence-electron chi connectivity index (χ4n) is 4.00. The molecular weight excluding hydrogens is 332 g/mol. The molecule has 0 aromatic rings.